The third-order valence-corrected chi connectivity index (χ3v) is 10.9. The molecule has 2 aromatic carbocycles. The number of benzene rings is 2. The maximum absolute atomic E-state index is 13.6. The number of hydrogen-bond donors (Lipinski definition) is 0. The molecule has 12 heteroatoms. The standard InChI is InChI=1S/C39H48N8O4/c1-27-9-6-10-29-11-7-13-34(35(27)29)45-20-15-32-33(24-45)41-38(50-26-31-12-8-17-43(31)3)42-36(32)46-21-22-47(30(23-46)14-16-40)37(48)28(2)25-51-39(49)44-18-4-5-19-44/h6-7,9-11,13,30-31H,2,4-5,8,12,14-15,17-26H2,1,3H3. The number of amides is 2. The number of piperazine rings is 1. The van der Waals surface area contributed by atoms with Gasteiger partial charge >= 0.3 is 12.1 Å². The van der Waals surface area contributed by atoms with Gasteiger partial charge in [0.1, 0.15) is 19.0 Å². The summed E-state index contributed by atoms with van der Waals surface area (Å²) in [5, 5.41) is 12.3. The number of nitrogens with zero attached hydrogens (tertiary/aromatic N) is 8. The maximum atomic E-state index is 13.6. The summed E-state index contributed by atoms with van der Waals surface area (Å²) in [6.45, 7) is 11.6. The number of fused-ring (bicyclic) bond motifs is 2. The molecule has 0 radical (unpaired) electrons. The molecule has 0 aliphatic carbocycles. The molecule has 3 fully saturated rings. The Morgan fingerprint density at radius 2 is 1.78 bits per heavy atom. The van der Waals surface area contributed by atoms with Gasteiger partial charge in [0.25, 0.3) is 5.91 Å². The number of aryl methyl sites for hydroxylation is 1. The second-order valence-corrected chi connectivity index (χ2v) is 14.3. The van der Waals surface area contributed by atoms with Crippen molar-refractivity contribution in [3.63, 3.8) is 0 Å². The van der Waals surface area contributed by atoms with Crippen LogP contribution in [-0.4, -0.2) is 115 Å². The molecule has 1 aromatic heterocycles. The Bertz CT molecular complexity index is 1830. The number of likely N-dealkylation sites (tertiary alicyclic amines) is 2. The summed E-state index contributed by atoms with van der Waals surface area (Å²) in [4.78, 5) is 46.4. The third kappa shape index (κ3) is 7.31. The van der Waals surface area contributed by atoms with Crippen LogP contribution in [0.15, 0.2) is 48.6 Å². The predicted octanol–water partition coefficient (Wildman–Crippen LogP) is 4.69. The van der Waals surface area contributed by atoms with Crippen molar-refractivity contribution in [3.05, 3.63) is 65.4 Å². The van der Waals surface area contributed by atoms with Crippen molar-refractivity contribution >= 4 is 34.3 Å². The number of aromatic nitrogens is 2. The van der Waals surface area contributed by atoms with Gasteiger partial charge in [-0.15, -0.1) is 0 Å². The molecule has 0 bridgehead atoms. The normalized spacial score (nSPS) is 20.7. The van der Waals surface area contributed by atoms with E-state index in [1.807, 2.05) is 0 Å². The van der Waals surface area contributed by atoms with Gasteiger partial charge in [0.05, 0.1) is 30.8 Å². The van der Waals surface area contributed by atoms with E-state index in [1.54, 1.807) is 9.80 Å². The maximum Gasteiger partial charge on any atom is 0.410 e. The van der Waals surface area contributed by atoms with Crippen LogP contribution in [0.5, 0.6) is 6.01 Å². The van der Waals surface area contributed by atoms with Crippen molar-refractivity contribution in [3.8, 4) is 12.1 Å². The topological polar surface area (TPSA) is 118 Å². The minimum absolute atomic E-state index is 0.155. The number of likely N-dealkylation sites (N-methyl/N-ethyl adjacent to an activating group) is 1. The first-order chi connectivity index (χ1) is 24.8. The highest BCUT2D eigenvalue weighted by atomic mass is 16.6. The summed E-state index contributed by atoms with van der Waals surface area (Å²) in [5.74, 6) is 0.525. The fourth-order valence-corrected chi connectivity index (χ4v) is 8.05. The summed E-state index contributed by atoms with van der Waals surface area (Å²) in [6, 6.07) is 15.5. The first-order valence-corrected chi connectivity index (χ1v) is 18.3. The van der Waals surface area contributed by atoms with E-state index in [9.17, 15) is 14.9 Å². The molecule has 51 heavy (non-hydrogen) atoms. The van der Waals surface area contributed by atoms with Gasteiger partial charge in [-0.3, -0.25) is 4.79 Å². The van der Waals surface area contributed by atoms with Crippen LogP contribution in [0.1, 0.15) is 48.9 Å². The van der Waals surface area contributed by atoms with E-state index in [2.05, 4.69) is 77.7 Å². The zero-order valence-corrected chi connectivity index (χ0v) is 29.9. The van der Waals surface area contributed by atoms with E-state index in [-0.39, 0.29) is 30.5 Å². The van der Waals surface area contributed by atoms with Crippen molar-refractivity contribution in [1.82, 2.24) is 24.7 Å². The lowest BCUT2D eigenvalue weighted by Crippen LogP contribution is -2.56. The molecule has 3 saturated heterocycles. The van der Waals surface area contributed by atoms with Gasteiger partial charge < -0.3 is 34.0 Å². The number of carbonyl (C=O) groups is 2. The monoisotopic (exact) mass is 692 g/mol. The minimum atomic E-state index is -0.417. The smallest absolute Gasteiger partial charge is 0.410 e. The van der Waals surface area contributed by atoms with Gasteiger partial charge in [-0.1, -0.05) is 36.9 Å². The zero-order chi connectivity index (χ0) is 35.5. The molecule has 5 heterocycles. The van der Waals surface area contributed by atoms with Crippen molar-refractivity contribution in [1.29, 1.82) is 5.26 Å². The van der Waals surface area contributed by atoms with E-state index in [0.717, 1.165) is 62.3 Å². The second kappa shape index (κ2) is 15.2. The summed E-state index contributed by atoms with van der Waals surface area (Å²) in [5.41, 5.74) is 4.66. The number of carbonyl (C=O) groups excluding carboxylic acids is 2. The Morgan fingerprint density at radius 3 is 2.55 bits per heavy atom. The molecule has 2 amide bonds. The summed E-state index contributed by atoms with van der Waals surface area (Å²) < 4.78 is 11.8. The van der Waals surface area contributed by atoms with E-state index >= 15 is 0 Å². The number of rotatable bonds is 9. The average Bonchev–Trinajstić information content (AvgIpc) is 3.84. The summed E-state index contributed by atoms with van der Waals surface area (Å²) >= 11 is 0. The lowest BCUT2D eigenvalue weighted by molar-refractivity contribution is -0.130. The largest absolute Gasteiger partial charge is 0.462 e. The Hall–Kier alpha value is -4.89. The molecule has 0 spiro atoms. The van der Waals surface area contributed by atoms with Crippen LogP contribution in [0, 0.1) is 18.3 Å². The van der Waals surface area contributed by atoms with Crippen molar-refractivity contribution in [2.24, 2.45) is 0 Å². The highest BCUT2D eigenvalue weighted by Gasteiger charge is 2.35. The molecule has 12 nitrogen and oxygen atoms in total. The van der Waals surface area contributed by atoms with Crippen molar-refractivity contribution in [2.45, 2.75) is 64.1 Å². The average molecular weight is 693 g/mol. The van der Waals surface area contributed by atoms with Crippen LogP contribution in [0.2, 0.25) is 0 Å². The van der Waals surface area contributed by atoms with Gasteiger partial charge in [0, 0.05) is 67.5 Å². The molecular formula is C39H48N8O4. The van der Waals surface area contributed by atoms with Gasteiger partial charge in [-0.25, -0.2) is 4.79 Å². The lowest BCUT2D eigenvalue weighted by Gasteiger charge is -2.42. The van der Waals surface area contributed by atoms with Crippen molar-refractivity contribution in [2.75, 3.05) is 75.9 Å². The molecule has 4 aliphatic heterocycles. The van der Waals surface area contributed by atoms with Crippen LogP contribution in [-0.2, 0) is 22.5 Å². The van der Waals surface area contributed by atoms with Crippen LogP contribution < -0.4 is 14.5 Å². The number of anilines is 2. The Kier molecular flexibility index (Phi) is 10.3. The van der Waals surface area contributed by atoms with E-state index < -0.39 is 6.09 Å². The van der Waals surface area contributed by atoms with E-state index in [1.165, 1.54) is 22.0 Å². The SMILES string of the molecule is C=C(COC(=O)N1CCCC1)C(=O)N1CCN(c2nc(OCC3CCCN3C)nc3c2CCN(c2cccc4cccc(C)c24)C3)CC1CC#N. The quantitative estimate of drug-likeness (QED) is 0.292. The second-order valence-electron chi connectivity index (χ2n) is 14.3. The zero-order valence-electron chi connectivity index (χ0n) is 29.9. The highest BCUT2D eigenvalue weighted by Crippen LogP contribution is 2.36. The molecule has 2 atom stereocenters. The van der Waals surface area contributed by atoms with Crippen LogP contribution in [0.3, 0.4) is 0 Å². The number of hydrogen-bond acceptors (Lipinski definition) is 10. The number of ether oxygens (including phenoxy) is 2. The van der Waals surface area contributed by atoms with Crippen LogP contribution in [0.25, 0.3) is 10.8 Å². The molecule has 0 N–H and O–H groups in total. The Balaban J connectivity index is 1.12. The molecule has 4 aliphatic rings. The Labute approximate surface area is 300 Å². The van der Waals surface area contributed by atoms with Gasteiger partial charge in [0.2, 0.25) is 0 Å². The molecule has 3 aromatic rings. The minimum Gasteiger partial charge on any atom is -0.462 e. The molecule has 7 rings (SSSR count). The predicted molar refractivity (Wildman–Crippen MR) is 196 cm³/mol. The van der Waals surface area contributed by atoms with E-state index in [0.29, 0.717) is 57.9 Å². The lowest BCUT2D eigenvalue weighted by atomic mass is 9.99. The Morgan fingerprint density at radius 1 is 0.980 bits per heavy atom. The molecule has 0 saturated carbocycles. The molecular weight excluding hydrogens is 644 g/mol. The fraction of sp³-hybridized carbons (Fsp3) is 0.513. The van der Waals surface area contributed by atoms with Gasteiger partial charge in [0.15, 0.2) is 0 Å². The fourth-order valence-electron chi connectivity index (χ4n) is 8.05. The van der Waals surface area contributed by atoms with Crippen molar-refractivity contribution < 1.29 is 19.1 Å². The third-order valence-electron chi connectivity index (χ3n) is 10.9. The van der Waals surface area contributed by atoms with Crippen LogP contribution >= 0.6 is 0 Å². The first-order valence-electron chi connectivity index (χ1n) is 18.3. The van der Waals surface area contributed by atoms with E-state index in [4.69, 9.17) is 19.4 Å². The number of nitriles is 1. The molecule has 2 unspecified atom stereocenters. The molecule has 268 valence electrons. The summed E-state index contributed by atoms with van der Waals surface area (Å²) in [6.07, 6.45) is 4.63. The summed E-state index contributed by atoms with van der Waals surface area (Å²) in [7, 11) is 2.13. The van der Waals surface area contributed by atoms with Gasteiger partial charge in [-0.05, 0) is 69.6 Å². The van der Waals surface area contributed by atoms with Gasteiger partial charge in [-0.2, -0.15) is 15.2 Å². The first kappa shape index (κ1) is 34.6. The highest BCUT2D eigenvalue weighted by molar-refractivity contribution is 5.97. The van der Waals surface area contributed by atoms with Crippen LogP contribution in [0.4, 0.5) is 16.3 Å².